The largest absolute Gasteiger partial charge is 0.306 e. The van der Waals surface area contributed by atoms with Gasteiger partial charge in [-0.1, -0.05) is 74.5 Å². The van der Waals surface area contributed by atoms with E-state index in [1.54, 1.807) is 12.1 Å². The number of nitriles is 1. The van der Waals surface area contributed by atoms with Gasteiger partial charge in [-0.15, -0.1) is 0 Å². The summed E-state index contributed by atoms with van der Waals surface area (Å²) in [7, 11) is 0. The van der Waals surface area contributed by atoms with Crippen LogP contribution in [0, 0.1) is 11.3 Å². The van der Waals surface area contributed by atoms with Gasteiger partial charge in [-0.05, 0) is 34.7 Å². The average Bonchev–Trinajstić information content (AvgIpc) is 3.08. The summed E-state index contributed by atoms with van der Waals surface area (Å²) in [6, 6.07) is 17.1. The third kappa shape index (κ3) is 5.00. The van der Waals surface area contributed by atoms with Crippen LogP contribution in [0.2, 0.25) is 5.02 Å². The molecule has 3 rings (SSSR count). The molecule has 1 amide bonds. The minimum Gasteiger partial charge on any atom is -0.306 e. The Bertz CT molecular complexity index is 1060. The zero-order valence-electron chi connectivity index (χ0n) is 16.4. The quantitative estimate of drug-likeness (QED) is 0.509. The van der Waals surface area contributed by atoms with E-state index in [-0.39, 0.29) is 11.3 Å². The van der Waals surface area contributed by atoms with Crippen LogP contribution in [0.3, 0.4) is 0 Å². The molecule has 0 saturated heterocycles. The Balaban J connectivity index is 1.72. The summed E-state index contributed by atoms with van der Waals surface area (Å²) in [5.74, 6) is 0.563. The Kier molecular flexibility index (Phi) is 6.31. The standard InChI is InChI=1S/C22H21ClN4OS/c1-22(2,3)16-10-8-14(9-11-16)20(28)25-19-17(12-24)21(27-26-19)29-13-15-6-4-5-7-18(15)23/h4-11H,13H2,1-3H3,(H2,25,26,27,28). The zero-order valence-corrected chi connectivity index (χ0v) is 18.0. The topological polar surface area (TPSA) is 81.6 Å². The zero-order chi connectivity index (χ0) is 21.0. The molecular weight excluding hydrogens is 404 g/mol. The number of carbonyl (C=O) groups is 1. The van der Waals surface area contributed by atoms with Crippen molar-refractivity contribution in [2.75, 3.05) is 5.32 Å². The van der Waals surface area contributed by atoms with E-state index in [0.29, 0.717) is 32.7 Å². The molecule has 0 spiro atoms. The normalized spacial score (nSPS) is 11.1. The van der Waals surface area contributed by atoms with Crippen LogP contribution in [0.1, 0.15) is 47.8 Å². The van der Waals surface area contributed by atoms with Crippen LogP contribution in [0.25, 0.3) is 0 Å². The van der Waals surface area contributed by atoms with Gasteiger partial charge in [-0.3, -0.25) is 9.89 Å². The third-order valence-electron chi connectivity index (χ3n) is 4.42. The molecule has 7 heteroatoms. The van der Waals surface area contributed by atoms with Crippen molar-refractivity contribution in [3.8, 4) is 6.07 Å². The van der Waals surface area contributed by atoms with E-state index >= 15 is 0 Å². The SMILES string of the molecule is CC(C)(C)c1ccc(C(=O)Nc2[nH]nc(SCc3ccccc3Cl)c2C#N)cc1. The van der Waals surface area contributed by atoms with Gasteiger partial charge in [0.15, 0.2) is 0 Å². The number of rotatable bonds is 5. The number of nitrogens with one attached hydrogen (secondary N) is 2. The first-order chi connectivity index (χ1) is 13.8. The second-order valence-electron chi connectivity index (χ2n) is 7.55. The summed E-state index contributed by atoms with van der Waals surface area (Å²) in [4.78, 5) is 12.6. The van der Waals surface area contributed by atoms with Gasteiger partial charge < -0.3 is 5.32 Å². The number of hydrogen-bond acceptors (Lipinski definition) is 4. The summed E-state index contributed by atoms with van der Waals surface area (Å²) in [6.07, 6.45) is 0. The molecule has 1 aromatic heterocycles. The number of carbonyl (C=O) groups excluding carboxylic acids is 1. The number of aromatic amines is 1. The smallest absolute Gasteiger partial charge is 0.256 e. The van der Waals surface area contributed by atoms with E-state index in [1.807, 2.05) is 36.4 Å². The monoisotopic (exact) mass is 424 g/mol. The first kappa shape index (κ1) is 21.0. The lowest BCUT2D eigenvalue weighted by molar-refractivity contribution is 0.102. The molecule has 29 heavy (non-hydrogen) atoms. The summed E-state index contributed by atoms with van der Waals surface area (Å²) < 4.78 is 0. The van der Waals surface area contributed by atoms with Crippen molar-refractivity contribution in [3.05, 3.63) is 75.8 Å². The predicted molar refractivity (Wildman–Crippen MR) is 117 cm³/mol. The fraction of sp³-hybridized carbons (Fsp3) is 0.227. The highest BCUT2D eigenvalue weighted by atomic mass is 35.5. The van der Waals surface area contributed by atoms with Gasteiger partial charge in [-0.25, -0.2) is 0 Å². The van der Waals surface area contributed by atoms with Gasteiger partial charge in [0, 0.05) is 16.3 Å². The number of benzene rings is 2. The van der Waals surface area contributed by atoms with E-state index < -0.39 is 0 Å². The van der Waals surface area contributed by atoms with Gasteiger partial charge in [0.1, 0.15) is 22.5 Å². The highest BCUT2D eigenvalue weighted by Crippen LogP contribution is 2.30. The van der Waals surface area contributed by atoms with E-state index in [2.05, 4.69) is 42.4 Å². The van der Waals surface area contributed by atoms with E-state index in [4.69, 9.17) is 11.6 Å². The molecule has 0 radical (unpaired) electrons. The Hall–Kier alpha value is -2.75. The average molecular weight is 425 g/mol. The fourth-order valence-corrected chi connectivity index (χ4v) is 3.92. The van der Waals surface area contributed by atoms with Crippen LogP contribution in [-0.4, -0.2) is 16.1 Å². The second-order valence-corrected chi connectivity index (χ2v) is 8.92. The summed E-state index contributed by atoms with van der Waals surface area (Å²) in [5.41, 5.74) is 2.94. The van der Waals surface area contributed by atoms with Crippen LogP contribution in [0.5, 0.6) is 0 Å². The van der Waals surface area contributed by atoms with E-state index in [1.165, 1.54) is 11.8 Å². The van der Waals surface area contributed by atoms with E-state index in [0.717, 1.165) is 11.1 Å². The molecule has 0 aliphatic heterocycles. The molecule has 0 fully saturated rings. The Labute approximate surface area is 179 Å². The maximum atomic E-state index is 12.6. The van der Waals surface area contributed by atoms with Crippen molar-refractivity contribution in [1.82, 2.24) is 10.2 Å². The molecule has 0 unspecified atom stereocenters. The molecule has 1 heterocycles. The van der Waals surface area contributed by atoms with Crippen LogP contribution in [0.15, 0.2) is 53.6 Å². The molecule has 3 aromatic rings. The fourth-order valence-electron chi connectivity index (χ4n) is 2.69. The number of anilines is 1. The second kappa shape index (κ2) is 8.73. The maximum absolute atomic E-state index is 12.6. The summed E-state index contributed by atoms with van der Waals surface area (Å²) in [6.45, 7) is 6.36. The molecule has 148 valence electrons. The van der Waals surface area contributed by atoms with Crippen molar-refractivity contribution >= 4 is 35.1 Å². The minimum atomic E-state index is -0.298. The molecule has 5 nitrogen and oxygen atoms in total. The first-order valence-corrected chi connectivity index (χ1v) is 10.4. The predicted octanol–water partition coefficient (Wildman–Crippen LogP) is 5.78. The van der Waals surface area contributed by atoms with Crippen LogP contribution in [-0.2, 0) is 11.2 Å². The minimum absolute atomic E-state index is 0.0140. The van der Waals surface area contributed by atoms with Crippen LogP contribution >= 0.6 is 23.4 Å². The Morgan fingerprint density at radius 1 is 1.21 bits per heavy atom. The summed E-state index contributed by atoms with van der Waals surface area (Å²) >= 11 is 7.57. The lowest BCUT2D eigenvalue weighted by Gasteiger charge is -2.19. The van der Waals surface area contributed by atoms with Crippen LogP contribution in [0.4, 0.5) is 5.82 Å². The molecule has 2 aromatic carbocycles. The van der Waals surface area contributed by atoms with Gasteiger partial charge in [0.05, 0.1) is 0 Å². The lowest BCUT2D eigenvalue weighted by Crippen LogP contribution is -2.15. The number of H-pyrrole nitrogens is 1. The Morgan fingerprint density at radius 3 is 2.52 bits per heavy atom. The highest BCUT2D eigenvalue weighted by Gasteiger charge is 2.18. The number of thioether (sulfide) groups is 1. The highest BCUT2D eigenvalue weighted by molar-refractivity contribution is 7.98. The molecule has 0 aliphatic carbocycles. The van der Waals surface area contributed by atoms with Crippen molar-refractivity contribution < 1.29 is 4.79 Å². The molecule has 0 bridgehead atoms. The van der Waals surface area contributed by atoms with Gasteiger partial charge in [0.2, 0.25) is 0 Å². The molecule has 0 aliphatic rings. The molecular formula is C22H21ClN4OS. The summed E-state index contributed by atoms with van der Waals surface area (Å²) in [5, 5.41) is 20.4. The molecule has 0 saturated carbocycles. The number of amides is 1. The van der Waals surface area contributed by atoms with Crippen molar-refractivity contribution in [2.24, 2.45) is 0 Å². The number of halogens is 1. The third-order valence-corrected chi connectivity index (χ3v) is 5.81. The van der Waals surface area contributed by atoms with Crippen molar-refractivity contribution in [1.29, 1.82) is 5.26 Å². The number of hydrogen-bond donors (Lipinski definition) is 2. The first-order valence-electron chi connectivity index (χ1n) is 9.06. The van der Waals surface area contributed by atoms with Crippen molar-refractivity contribution in [2.45, 2.75) is 37.0 Å². The van der Waals surface area contributed by atoms with Gasteiger partial charge >= 0.3 is 0 Å². The molecule has 0 atom stereocenters. The Morgan fingerprint density at radius 2 is 1.90 bits per heavy atom. The van der Waals surface area contributed by atoms with Gasteiger partial charge in [-0.2, -0.15) is 10.4 Å². The number of aromatic nitrogens is 2. The van der Waals surface area contributed by atoms with Crippen LogP contribution < -0.4 is 5.32 Å². The number of nitrogens with zero attached hydrogens (tertiary/aromatic N) is 2. The lowest BCUT2D eigenvalue weighted by atomic mass is 9.87. The van der Waals surface area contributed by atoms with Gasteiger partial charge in [0.25, 0.3) is 5.91 Å². The molecule has 2 N–H and O–H groups in total. The van der Waals surface area contributed by atoms with E-state index in [9.17, 15) is 10.1 Å². The van der Waals surface area contributed by atoms with Crippen molar-refractivity contribution in [3.63, 3.8) is 0 Å². The maximum Gasteiger partial charge on any atom is 0.256 e.